The van der Waals surface area contributed by atoms with E-state index in [-0.39, 0.29) is 5.69 Å². The Morgan fingerprint density at radius 1 is 1.00 bits per heavy atom. The van der Waals surface area contributed by atoms with Crippen LogP contribution in [0.1, 0.15) is 40.3 Å². The third-order valence-electron chi connectivity index (χ3n) is 6.79. The first-order chi connectivity index (χ1) is 18.8. The second kappa shape index (κ2) is 10.3. The maximum atomic E-state index is 14.0. The number of aryl methyl sites for hydroxylation is 1. The topological polar surface area (TPSA) is 79.3 Å². The molecule has 12 heteroatoms. The minimum absolute atomic E-state index is 0.0434. The number of nitrogens with zero attached hydrogens (tertiary/aromatic N) is 3. The molecular formula is C28H26F3N5O2S2. The standard InChI is InChI=1S/C28H26F3N5O2S2/c1-17-16-21(18(2)35(17)24-10-5-4-8-22(24)28(29,30)31)26-25(23-9-6-7-15-32-23)33-27(39)36(26)20-13-11-19(12-14-20)34-40(3,37)38/h4-16,25-26,34H,1-3H3,(H,33,39)/t25-,26+/m0/s1. The number of hydrogen-bond donors (Lipinski definition) is 2. The lowest BCUT2D eigenvalue weighted by Gasteiger charge is -2.28. The van der Waals surface area contributed by atoms with Crippen LogP contribution in [-0.2, 0) is 16.2 Å². The Labute approximate surface area is 235 Å². The summed E-state index contributed by atoms with van der Waals surface area (Å²) in [6.45, 7) is 3.57. The second-order valence-electron chi connectivity index (χ2n) is 9.59. The van der Waals surface area contributed by atoms with Crippen molar-refractivity contribution in [2.24, 2.45) is 0 Å². The summed E-state index contributed by atoms with van der Waals surface area (Å²) in [6.07, 6.45) is -1.78. The van der Waals surface area contributed by atoms with Gasteiger partial charge in [-0.1, -0.05) is 18.2 Å². The van der Waals surface area contributed by atoms with Gasteiger partial charge in [0, 0.05) is 29.0 Å². The smallest absolute Gasteiger partial charge is 0.351 e. The number of para-hydroxylation sites is 1. The molecule has 1 aliphatic rings. The van der Waals surface area contributed by atoms with Crippen LogP contribution in [0.5, 0.6) is 0 Å². The zero-order chi connectivity index (χ0) is 28.8. The van der Waals surface area contributed by atoms with Crippen molar-refractivity contribution in [3.8, 4) is 5.69 Å². The van der Waals surface area contributed by atoms with Gasteiger partial charge in [-0.3, -0.25) is 9.71 Å². The predicted octanol–water partition coefficient (Wildman–Crippen LogP) is 6.06. The maximum absolute atomic E-state index is 14.0. The van der Waals surface area contributed by atoms with Crippen molar-refractivity contribution in [2.45, 2.75) is 32.1 Å². The molecule has 1 saturated heterocycles. The number of thiocarbonyl (C=S) groups is 1. The number of halogens is 3. The number of anilines is 2. The Kier molecular flexibility index (Phi) is 7.09. The van der Waals surface area contributed by atoms with Gasteiger partial charge in [0.15, 0.2) is 5.11 Å². The van der Waals surface area contributed by atoms with Gasteiger partial charge in [-0.05, 0) is 86.2 Å². The summed E-state index contributed by atoms with van der Waals surface area (Å²) in [5, 5.41) is 3.75. The Hall–Kier alpha value is -3.90. The van der Waals surface area contributed by atoms with Gasteiger partial charge in [0.25, 0.3) is 0 Å². The maximum Gasteiger partial charge on any atom is 0.418 e. The van der Waals surface area contributed by atoms with E-state index < -0.39 is 33.8 Å². The lowest BCUT2D eigenvalue weighted by atomic mass is 9.96. The minimum atomic E-state index is -4.53. The minimum Gasteiger partial charge on any atom is -0.351 e. The number of alkyl halides is 3. The van der Waals surface area contributed by atoms with Crippen LogP contribution >= 0.6 is 12.2 Å². The molecule has 40 heavy (non-hydrogen) atoms. The van der Waals surface area contributed by atoms with Gasteiger partial charge in [-0.15, -0.1) is 0 Å². The number of rotatable bonds is 6. The van der Waals surface area contributed by atoms with E-state index in [0.717, 1.165) is 17.9 Å². The van der Waals surface area contributed by atoms with Crippen molar-refractivity contribution in [1.29, 1.82) is 0 Å². The number of sulfonamides is 1. The fourth-order valence-corrected chi connectivity index (χ4v) is 6.13. The third kappa shape index (κ3) is 5.28. The summed E-state index contributed by atoms with van der Waals surface area (Å²) in [5.41, 5.74) is 3.15. The van der Waals surface area contributed by atoms with Gasteiger partial charge >= 0.3 is 6.18 Å². The Morgan fingerprint density at radius 3 is 2.30 bits per heavy atom. The van der Waals surface area contributed by atoms with E-state index in [1.807, 2.05) is 23.1 Å². The monoisotopic (exact) mass is 585 g/mol. The molecule has 0 amide bonds. The molecule has 1 aliphatic heterocycles. The quantitative estimate of drug-likeness (QED) is 0.268. The molecule has 0 aliphatic carbocycles. The highest BCUT2D eigenvalue weighted by atomic mass is 32.2. The fourth-order valence-electron chi connectivity index (χ4n) is 5.22. The van der Waals surface area contributed by atoms with Gasteiger partial charge in [0.2, 0.25) is 10.0 Å². The third-order valence-corrected chi connectivity index (χ3v) is 7.71. The molecule has 2 N–H and O–H groups in total. The molecule has 2 atom stereocenters. The van der Waals surface area contributed by atoms with E-state index in [0.29, 0.717) is 33.6 Å². The summed E-state index contributed by atoms with van der Waals surface area (Å²) in [6, 6.07) is 18.8. The lowest BCUT2D eigenvalue weighted by molar-refractivity contribution is -0.137. The van der Waals surface area contributed by atoms with E-state index in [4.69, 9.17) is 12.2 Å². The molecule has 0 bridgehead atoms. The van der Waals surface area contributed by atoms with Crippen LogP contribution in [0.25, 0.3) is 5.69 Å². The van der Waals surface area contributed by atoms with E-state index in [2.05, 4.69) is 15.0 Å². The molecule has 0 saturated carbocycles. The summed E-state index contributed by atoms with van der Waals surface area (Å²) < 4.78 is 69.3. The molecule has 0 unspecified atom stereocenters. The van der Waals surface area contributed by atoms with Crippen molar-refractivity contribution in [1.82, 2.24) is 14.9 Å². The van der Waals surface area contributed by atoms with Crippen LogP contribution < -0.4 is 14.9 Å². The van der Waals surface area contributed by atoms with Crippen LogP contribution in [0.2, 0.25) is 0 Å². The zero-order valence-electron chi connectivity index (χ0n) is 21.8. The number of aromatic nitrogens is 2. The summed E-state index contributed by atoms with van der Waals surface area (Å²) in [4.78, 5) is 6.43. The van der Waals surface area contributed by atoms with Gasteiger partial charge < -0.3 is 14.8 Å². The van der Waals surface area contributed by atoms with E-state index in [9.17, 15) is 21.6 Å². The van der Waals surface area contributed by atoms with Crippen molar-refractivity contribution in [2.75, 3.05) is 15.9 Å². The molecule has 4 aromatic rings. The predicted molar refractivity (Wildman–Crippen MR) is 153 cm³/mol. The van der Waals surface area contributed by atoms with Crippen LogP contribution in [0.4, 0.5) is 24.5 Å². The average molecular weight is 586 g/mol. The Morgan fingerprint density at radius 2 is 1.68 bits per heavy atom. The molecule has 0 spiro atoms. The van der Waals surface area contributed by atoms with Gasteiger partial charge in [-0.25, -0.2) is 8.42 Å². The largest absolute Gasteiger partial charge is 0.418 e. The molecule has 2 aromatic carbocycles. The molecule has 5 rings (SSSR count). The van der Waals surface area contributed by atoms with Crippen molar-refractivity contribution in [3.05, 3.63) is 107 Å². The SMILES string of the molecule is Cc1cc([C@@H]2[C@H](c3ccccn3)NC(=S)N2c2ccc(NS(C)(=O)=O)cc2)c(C)n1-c1ccccc1C(F)(F)F. The molecule has 0 radical (unpaired) electrons. The normalized spacial score (nSPS) is 17.6. The van der Waals surface area contributed by atoms with Crippen molar-refractivity contribution < 1.29 is 21.6 Å². The first-order valence-electron chi connectivity index (χ1n) is 12.3. The van der Waals surface area contributed by atoms with Gasteiger partial charge in [0.05, 0.1) is 35.3 Å². The van der Waals surface area contributed by atoms with Crippen molar-refractivity contribution >= 4 is 38.7 Å². The van der Waals surface area contributed by atoms with Crippen LogP contribution in [0.3, 0.4) is 0 Å². The number of nitrogens with one attached hydrogen (secondary N) is 2. The van der Waals surface area contributed by atoms with Crippen molar-refractivity contribution in [3.63, 3.8) is 0 Å². The van der Waals surface area contributed by atoms with Gasteiger partial charge in [-0.2, -0.15) is 13.2 Å². The van der Waals surface area contributed by atoms with Crippen LogP contribution in [-0.4, -0.2) is 29.3 Å². The Bertz CT molecular complexity index is 1670. The van der Waals surface area contributed by atoms with Crippen LogP contribution in [0.15, 0.2) is 79.0 Å². The number of benzene rings is 2. The number of pyridine rings is 1. The molecule has 7 nitrogen and oxygen atoms in total. The lowest BCUT2D eigenvalue weighted by Crippen LogP contribution is -2.29. The fraction of sp³-hybridized carbons (Fsp3) is 0.214. The van der Waals surface area contributed by atoms with E-state index >= 15 is 0 Å². The van der Waals surface area contributed by atoms with Gasteiger partial charge in [0.1, 0.15) is 0 Å². The first-order valence-corrected chi connectivity index (χ1v) is 14.6. The molecule has 1 fully saturated rings. The molecular weight excluding hydrogens is 559 g/mol. The second-order valence-corrected chi connectivity index (χ2v) is 11.7. The highest BCUT2D eigenvalue weighted by molar-refractivity contribution is 7.92. The summed E-state index contributed by atoms with van der Waals surface area (Å²) in [5.74, 6) is 0. The highest BCUT2D eigenvalue weighted by Crippen LogP contribution is 2.44. The number of hydrogen-bond acceptors (Lipinski definition) is 4. The highest BCUT2D eigenvalue weighted by Gasteiger charge is 2.43. The first kappa shape index (κ1) is 27.7. The summed E-state index contributed by atoms with van der Waals surface area (Å²) >= 11 is 5.76. The molecule has 208 valence electrons. The molecule has 3 heterocycles. The average Bonchev–Trinajstić information content (AvgIpc) is 3.38. The van der Waals surface area contributed by atoms with E-state index in [1.54, 1.807) is 61.0 Å². The zero-order valence-corrected chi connectivity index (χ0v) is 23.4. The molecule has 2 aromatic heterocycles. The van der Waals surface area contributed by atoms with Crippen LogP contribution in [0, 0.1) is 13.8 Å². The summed E-state index contributed by atoms with van der Waals surface area (Å²) in [7, 11) is -3.46. The Balaban J connectivity index is 1.66. The van der Waals surface area contributed by atoms with E-state index in [1.165, 1.54) is 12.1 Å².